The third-order valence-corrected chi connectivity index (χ3v) is 2.43. The van der Waals surface area contributed by atoms with Gasteiger partial charge in [-0.15, -0.1) is 13.2 Å². The number of halogens is 3. The van der Waals surface area contributed by atoms with Gasteiger partial charge < -0.3 is 4.74 Å². The first kappa shape index (κ1) is 16.4. The minimum atomic E-state index is -4.96. The zero-order chi connectivity index (χ0) is 16.2. The molecular formula is C14H10F3NO3. The Hall–Kier alpha value is -2.62. The number of ketones is 2. The molecule has 7 heteroatoms. The highest BCUT2D eigenvalue weighted by Gasteiger charge is 2.32. The minimum Gasteiger partial charge on any atom is -0.405 e. The zero-order valence-electron chi connectivity index (χ0n) is 11.1. The van der Waals surface area contributed by atoms with Crippen LogP contribution in [-0.4, -0.2) is 17.9 Å². The topological polar surface area (TPSA) is 67.2 Å². The van der Waals surface area contributed by atoms with E-state index in [1.54, 1.807) is 6.07 Å². The highest BCUT2D eigenvalue weighted by Crippen LogP contribution is 2.29. The fourth-order valence-corrected chi connectivity index (χ4v) is 1.54. The van der Waals surface area contributed by atoms with Crippen molar-refractivity contribution in [3.05, 3.63) is 34.9 Å². The van der Waals surface area contributed by atoms with E-state index in [1.165, 1.54) is 12.1 Å². The van der Waals surface area contributed by atoms with Crippen molar-refractivity contribution in [3.8, 4) is 11.8 Å². The lowest BCUT2D eigenvalue weighted by Crippen LogP contribution is -2.18. The Morgan fingerprint density at radius 2 is 1.81 bits per heavy atom. The van der Waals surface area contributed by atoms with E-state index in [2.05, 4.69) is 4.74 Å². The average Bonchev–Trinajstić information content (AvgIpc) is 2.34. The number of allylic oxidation sites excluding steroid dienone is 1. The normalized spacial score (nSPS) is 10.5. The second-order valence-corrected chi connectivity index (χ2v) is 4.08. The van der Waals surface area contributed by atoms with Gasteiger partial charge in [0.25, 0.3) is 0 Å². The Bertz CT molecular complexity index is 638. The Kier molecular flexibility index (Phi) is 4.87. The molecule has 0 heterocycles. The summed E-state index contributed by atoms with van der Waals surface area (Å²) < 4.78 is 40.9. The van der Waals surface area contributed by atoms with Crippen LogP contribution >= 0.6 is 0 Å². The number of alkyl halides is 3. The number of benzene rings is 1. The van der Waals surface area contributed by atoms with Crippen molar-refractivity contribution in [2.45, 2.75) is 20.2 Å². The number of hydrogen-bond acceptors (Lipinski definition) is 4. The number of rotatable bonds is 4. The molecule has 1 rings (SSSR count). The number of Topliss-reactive ketones (excluding diaryl/α,β-unsaturated/α-hetero) is 2. The van der Waals surface area contributed by atoms with Gasteiger partial charge in [0.1, 0.15) is 5.75 Å². The fourth-order valence-electron chi connectivity index (χ4n) is 1.54. The van der Waals surface area contributed by atoms with Crippen LogP contribution in [0.3, 0.4) is 0 Å². The second-order valence-electron chi connectivity index (χ2n) is 4.08. The maximum absolute atomic E-state index is 12.4. The molecule has 0 saturated heterocycles. The molecule has 0 N–H and O–H groups in total. The lowest BCUT2D eigenvalue weighted by Gasteiger charge is -2.12. The molecule has 4 nitrogen and oxygen atoms in total. The van der Waals surface area contributed by atoms with E-state index >= 15 is 0 Å². The molecule has 0 aromatic heterocycles. The molecule has 1 aromatic carbocycles. The number of carbonyl (C=O) groups is 2. The van der Waals surface area contributed by atoms with Crippen LogP contribution in [0.2, 0.25) is 0 Å². The number of nitriles is 1. The summed E-state index contributed by atoms with van der Waals surface area (Å²) in [5.74, 6) is -1.81. The summed E-state index contributed by atoms with van der Waals surface area (Å²) in [6.07, 6.45) is -3.95. The summed E-state index contributed by atoms with van der Waals surface area (Å²) in [6, 6.07) is 4.99. The molecule has 0 saturated carbocycles. The fraction of sp³-hybridized carbons (Fsp3) is 0.214. The van der Waals surface area contributed by atoms with Gasteiger partial charge in [-0.3, -0.25) is 9.59 Å². The third-order valence-electron chi connectivity index (χ3n) is 2.43. The van der Waals surface area contributed by atoms with Crippen LogP contribution < -0.4 is 4.74 Å². The summed E-state index contributed by atoms with van der Waals surface area (Å²) in [4.78, 5) is 22.6. The van der Waals surface area contributed by atoms with Crippen LogP contribution in [0.5, 0.6) is 5.75 Å². The van der Waals surface area contributed by atoms with Crippen molar-refractivity contribution in [2.24, 2.45) is 0 Å². The molecule has 0 aliphatic rings. The zero-order valence-corrected chi connectivity index (χ0v) is 11.1. The van der Waals surface area contributed by atoms with E-state index in [9.17, 15) is 22.8 Å². The first-order chi connectivity index (χ1) is 9.64. The molecule has 21 heavy (non-hydrogen) atoms. The van der Waals surface area contributed by atoms with Crippen molar-refractivity contribution in [3.63, 3.8) is 0 Å². The molecule has 0 amide bonds. The summed E-state index contributed by atoms with van der Waals surface area (Å²) in [6.45, 7) is 2.25. The molecule has 0 aliphatic heterocycles. The van der Waals surface area contributed by atoms with Crippen LogP contribution in [0.15, 0.2) is 23.8 Å². The van der Waals surface area contributed by atoms with Gasteiger partial charge in [-0.05, 0) is 38.1 Å². The molecule has 0 radical (unpaired) electrons. The van der Waals surface area contributed by atoms with Crippen LogP contribution in [0.25, 0.3) is 6.08 Å². The smallest absolute Gasteiger partial charge is 0.405 e. The van der Waals surface area contributed by atoms with E-state index in [4.69, 9.17) is 5.26 Å². The summed E-state index contributed by atoms with van der Waals surface area (Å²) in [5.41, 5.74) is -0.419. The van der Waals surface area contributed by atoms with Crippen molar-refractivity contribution in [1.82, 2.24) is 0 Å². The van der Waals surface area contributed by atoms with Crippen molar-refractivity contribution in [2.75, 3.05) is 0 Å². The van der Waals surface area contributed by atoms with Gasteiger partial charge in [-0.25, -0.2) is 0 Å². The molecule has 0 aliphatic carbocycles. The molecule has 0 atom stereocenters. The highest BCUT2D eigenvalue weighted by atomic mass is 19.4. The van der Waals surface area contributed by atoms with Gasteiger partial charge in [0.15, 0.2) is 11.6 Å². The summed E-state index contributed by atoms with van der Waals surface area (Å²) >= 11 is 0. The largest absolute Gasteiger partial charge is 0.573 e. The van der Waals surface area contributed by atoms with Crippen molar-refractivity contribution >= 4 is 17.6 Å². The first-order valence-electron chi connectivity index (χ1n) is 5.67. The maximum Gasteiger partial charge on any atom is 0.573 e. The number of ether oxygens (including phenoxy) is 1. The highest BCUT2D eigenvalue weighted by molar-refractivity contribution is 6.21. The summed E-state index contributed by atoms with van der Waals surface area (Å²) in [5, 5.41) is 8.70. The number of hydrogen-bond donors (Lipinski definition) is 0. The molecule has 0 spiro atoms. The van der Waals surface area contributed by atoms with Gasteiger partial charge >= 0.3 is 6.36 Å². The monoisotopic (exact) mass is 297 g/mol. The average molecular weight is 297 g/mol. The maximum atomic E-state index is 12.4. The van der Waals surface area contributed by atoms with E-state index in [0.29, 0.717) is 0 Å². The van der Waals surface area contributed by atoms with Crippen LogP contribution in [0.1, 0.15) is 25.0 Å². The molecule has 0 unspecified atom stereocenters. The van der Waals surface area contributed by atoms with E-state index in [1.807, 2.05) is 0 Å². The quantitative estimate of drug-likeness (QED) is 0.487. The van der Waals surface area contributed by atoms with Gasteiger partial charge in [0.2, 0.25) is 0 Å². The summed E-state index contributed by atoms with van der Waals surface area (Å²) in [7, 11) is 0. The van der Waals surface area contributed by atoms with E-state index in [0.717, 1.165) is 26.0 Å². The van der Waals surface area contributed by atoms with E-state index in [-0.39, 0.29) is 16.7 Å². The third kappa shape index (κ3) is 4.76. The molecule has 0 fully saturated rings. The Morgan fingerprint density at radius 3 is 2.24 bits per heavy atom. The van der Waals surface area contributed by atoms with Gasteiger partial charge in [0.05, 0.1) is 17.2 Å². The lowest BCUT2D eigenvalue weighted by molar-refractivity contribution is -0.274. The SMILES string of the molecule is CC(=O)C(=Cc1ccc(C#N)cc1OC(F)(F)F)C(C)=O. The number of carbonyl (C=O) groups excluding carboxylic acids is 2. The van der Waals surface area contributed by atoms with Gasteiger partial charge in [-0.2, -0.15) is 5.26 Å². The Balaban J connectivity index is 3.42. The minimum absolute atomic E-state index is 0.0430. The van der Waals surface area contributed by atoms with Crippen LogP contribution in [0, 0.1) is 11.3 Å². The van der Waals surface area contributed by atoms with Gasteiger partial charge in [-0.1, -0.05) is 0 Å². The standard InChI is InChI=1S/C14H10F3NO3/c1-8(19)12(9(2)20)6-11-4-3-10(7-18)5-13(11)21-14(15,16)17/h3-6H,1-2H3. The Morgan fingerprint density at radius 1 is 1.24 bits per heavy atom. The van der Waals surface area contributed by atoms with Crippen molar-refractivity contribution in [1.29, 1.82) is 5.26 Å². The molecule has 1 aromatic rings. The molecule has 0 bridgehead atoms. The van der Waals surface area contributed by atoms with Crippen LogP contribution in [0.4, 0.5) is 13.2 Å². The predicted molar refractivity (Wildman–Crippen MR) is 67.2 cm³/mol. The van der Waals surface area contributed by atoms with E-state index < -0.39 is 23.7 Å². The lowest BCUT2D eigenvalue weighted by atomic mass is 10.0. The predicted octanol–water partition coefficient (Wildman–Crippen LogP) is 3.02. The first-order valence-corrected chi connectivity index (χ1v) is 5.67. The van der Waals surface area contributed by atoms with Gasteiger partial charge in [0, 0.05) is 5.56 Å². The number of nitrogens with zero attached hydrogens (tertiary/aromatic N) is 1. The van der Waals surface area contributed by atoms with Crippen LogP contribution in [-0.2, 0) is 9.59 Å². The molecular weight excluding hydrogens is 287 g/mol. The van der Waals surface area contributed by atoms with Crippen molar-refractivity contribution < 1.29 is 27.5 Å². The Labute approximate surface area is 118 Å². The molecule has 110 valence electrons. The second kappa shape index (κ2) is 6.22.